The van der Waals surface area contributed by atoms with Gasteiger partial charge in [-0.25, -0.2) is 4.79 Å². The van der Waals surface area contributed by atoms with Crippen molar-refractivity contribution in [3.05, 3.63) is 29.8 Å². The molecule has 0 saturated carbocycles. The minimum atomic E-state index is -0.361. The van der Waals surface area contributed by atoms with Crippen LogP contribution in [0.3, 0.4) is 0 Å². The third kappa shape index (κ3) is 4.13. The van der Waals surface area contributed by atoms with Crippen molar-refractivity contribution in [3.63, 3.8) is 0 Å². The average molecular weight is 250 g/mol. The zero-order chi connectivity index (χ0) is 13.5. The highest BCUT2D eigenvalue weighted by atomic mass is 16.5. The van der Waals surface area contributed by atoms with Crippen LogP contribution in [0, 0.1) is 0 Å². The number of carbonyl (C=O) groups excluding carboxylic acids is 1. The first-order valence-electron chi connectivity index (χ1n) is 5.67. The maximum Gasteiger partial charge on any atom is 0.331 e. The molecule has 0 aliphatic rings. The van der Waals surface area contributed by atoms with Crippen LogP contribution in [0.2, 0.25) is 0 Å². The van der Waals surface area contributed by atoms with Crippen LogP contribution in [-0.2, 0) is 9.53 Å². The van der Waals surface area contributed by atoms with Crippen LogP contribution in [0.25, 0.3) is 6.08 Å². The number of methoxy groups -OCH3 is 2. The van der Waals surface area contributed by atoms with Gasteiger partial charge in [0.05, 0.1) is 20.3 Å². The number of carbonyl (C=O) groups is 1. The van der Waals surface area contributed by atoms with Crippen molar-refractivity contribution in [1.82, 2.24) is 0 Å². The molecule has 4 heteroatoms. The van der Waals surface area contributed by atoms with Gasteiger partial charge in [-0.2, -0.15) is 0 Å². The monoisotopic (exact) mass is 250 g/mol. The van der Waals surface area contributed by atoms with Gasteiger partial charge < -0.3 is 14.2 Å². The molecule has 1 aromatic carbocycles. The molecule has 98 valence electrons. The van der Waals surface area contributed by atoms with Gasteiger partial charge in [-0.15, -0.1) is 0 Å². The normalized spacial score (nSPS) is 10.7. The quantitative estimate of drug-likeness (QED) is 0.595. The molecule has 4 nitrogen and oxygen atoms in total. The Balaban J connectivity index is 2.79. The number of esters is 1. The molecule has 0 spiro atoms. The minimum Gasteiger partial charge on any atom is -0.493 e. The summed E-state index contributed by atoms with van der Waals surface area (Å²) >= 11 is 0. The fraction of sp³-hybridized carbons (Fsp3) is 0.357. The van der Waals surface area contributed by atoms with E-state index in [-0.39, 0.29) is 12.1 Å². The summed E-state index contributed by atoms with van der Waals surface area (Å²) in [5, 5.41) is 0. The van der Waals surface area contributed by atoms with Crippen molar-refractivity contribution >= 4 is 12.0 Å². The minimum absolute atomic E-state index is 0.118. The second-order valence-electron chi connectivity index (χ2n) is 3.93. The summed E-state index contributed by atoms with van der Waals surface area (Å²) in [5.41, 5.74) is 0.841. The molecule has 0 aromatic heterocycles. The SMILES string of the molecule is COc1ccc(/C=C/C(=O)OC(C)C)cc1OC. The van der Waals surface area contributed by atoms with E-state index in [1.54, 1.807) is 32.4 Å². The van der Waals surface area contributed by atoms with Crippen LogP contribution in [0.4, 0.5) is 0 Å². The molecule has 1 rings (SSSR count). The van der Waals surface area contributed by atoms with Gasteiger partial charge in [0.2, 0.25) is 0 Å². The van der Waals surface area contributed by atoms with E-state index in [2.05, 4.69) is 0 Å². The predicted octanol–water partition coefficient (Wildman–Crippen LogP) is 2.67. The van der Waals surface area contributed by atoms with Crippen LogP contribution in [0.1, 0.15) is 19.4 Å². The molecule has 0 aliphatic heterocycles. The molecule has 0 amide bonds. The van der Waals surface area contributed by atoms with E-state index in [1.165, 1.54) is 6.08 Å². The van der Waals surface area contributed by atoms with Gasteiger partial charge in [-0.1, -0.05) is 6.07 Å². The lowest BCUT2D eigenvalue weighted by molar-refractivity contribution is -0.141. The summed E-state index contributed by atoms with van der Waals surface area (Å²) < 4.78 is 15.3. The van der Waals surface area contributed by atoms with E-state index >= 15 is 0 Å². The largest absolute Gasteiger partial charge is 0.493 e. The standard InChI is InChI=1S/C14H18O4/c1-10(2)18-14(15)8-6-11-5-7-12(16-3)13(9-11)17-4/h5-10H,1-4H3/b8-6+. The molecular formula is C14H18O4. The van der Waals surface area contributed by atoms with Crippen LogP contribution in [0.5, 0.6) is 11.5 Å². The van der Waals surface area contributed by atoms with Crippen LogP contribution >= 0.6 is 0 Å². The molecule has 18 heavy (non-hydrogen) atoms. The Hall–Kier alpha value is -1.97. The lowest BCUT2D eigenvalue weighted by Gasteiger charge is -2.07. The zero-order valence-corrected chi connectivity index (χ0v) is 11.1. The first kappa shape index (κ1) is 14.1. The number of hydrogen-bond acceptors (Lipinski definition) is 4. The van der Waals surface area contributed by atoms with Crippen LogP contribution < -0.4 is 9.47 Å². The Kier molecular flexibility index (Phi) is 5.24. The van der Waals surface area contributed by atoms with Crippen molar-refractivity contribution in [2.75, 3.05) is 14.2 Å². The molecule has 1 aromatic rings. The van der Waals surface area contributed by atoms with Gasteiger partial charge in [0.25, 0.3) is 0 Å². The Morgan fingerprint density at radius 3 is 2.39 bits per heavy atom. The van der Waals surface area contributed by atoms with E-state index in [0.717, 1.165) is 5.56 Å². The van der Waals surface area contributed by atoms with Gasteiger partial charge >= 0.3 is 5.97 Å². The average Bonchev–Trinajstić information content (AvgIpc) is 2.35. The van der Waals surface area contributed by atoms with Crippen molar-refractivity contribution < 1.29 is 19.0 Å². The van der Waals surface area contributed by atoms with Gasteiger partial charge in [-0.05, 0) is 37.6 Å². The lowest BCUT2D eigenvalue weighted by Crippen LogP contribution is -2.08. The summed E-state index contributed by atoms with van der Waals surface area (Å²) in [5.74, 6) is 0.913. The summed E-state index contributed by atoms with van der Waals surface area (Å²) in [7, 11) is 3.14. The van der Waals surface area contributed by atoms with E-state index in [4.69, 9.17) is 14.2 Å². The van der Waals surface area contributed by atoms with Gasteiger partial charge in [0.1, 0.15) is 0 Å². The fourth-order valence-corrected chi connectivity index (χ4v) is 1.39. The lowest BCUT2D eigenvalue weighted by atomic mass is 10.2. The van der Waals surface area contributed by atoms with Crippen molar-refractivity contribution in [1.29, 1.82) is 0 Å². The summed E-state index contributed by atoms with van der Waals surface area (Å²) in [6.45, 7) is 3.62. The van der Waals surface area contributed by atoms with Gasteiger partial charge in [0.15, 0.2) is 11.5 Å². The number of hydrogen-bond donors (Lipinski definition) is 0. The molecule has 0 aliphatic carbocycles. The van der Waals surface area contributed by atoms with Gasteiger partial charge in [0, 0.05) is 6.08 Å². The fourth-order valence-electron chi connectivity index (χ4n) is 1.39. The summed E-state index contributed by atoms with van der Waals surface area (Å²) in [4.78, 5) is 11.3. The maximum absolute atomic E-state index is 11.3. The van der Waals surface area contributed by atoms with Gasteiger partial charge in [-0.3, -0.25) is 0 Å². The second kappa shape index (κ2) is 6.69. The third-order valence-electron chi connectivity index (χ3n) is 2.17. The summed E-state index contributed by atoms with van der Waals surface area (Å²) in [6.07, 6.45) is 2.95. The Morgan fingerprint density at radius 1 is 1.17 bits per heavy atom. The molecule has 0 atom stereocenters. The number of benzene rings is 1. The van der Waals surface area contributed by atoms with E-state index in [0.29, 0.717) is 11.5 Å². The smallest absolute Gasteiger partial charge is 0.331 e. The Morgan fingerprint density at radius 2 is 1.83 bits per heavy atom. The number of ether oxygens (including phenoxy) is 3. The molecule has 0 N–H and O–H groups in total. The molecule has 0 bridgehead atoms. The molecule has 0 saturated heterocycles. The van der Waals surface area contributed by atoms with E-state index in [1.807, 2.05) is 19.9 Å². The molecule has 0 unspecified atom stereocenters. The molecule has 0 heterocycles. The highest BCUT2D eigenvalue weighted by Gasteiger charge is 2.04. The summed E-state index contributed by atoms with van der Waals surface area (Å²) in [6, 6.07) is 5.41. The van der Waals surface area contributed by atoms with Crippen molar-refractivity contribution in [2.45, 2.75) is 20.0 Å². The Bertz CT molecular complexity index is 435. The van der Waals surface area contributed by atoms with Crippen molar-refractivity contribution in [3.8, 4) is 11.5 Å². The van der Waals surface area contributed by atoms with Crippen LogP contribution in [0.15, 0.2) is 24.3 Å². The molecular weight excluding hydrogens is 232 g/mol. The second-order valence-corrected chi connectivity index (χ2v) is 3.93. The van der Waals surface area contributed by atoms with E-state index in [9.17, 15) is 4.79 Å². The predicted molar refractivity (Wildman–Crippen MR) is 69.8 cm³/mol. The van der Waals surface area contributed by atoms with Crippen molar-refractivity contribution in [2.24, 2.45) is 0 Å². The first-order valence-corrected chi connectivity index (χ1v) is 5.67. The van der Waals surface area contributed by atoms with Crippen LogP contribution in [-0.4, -0.2) is 26.3 Å². The highest BCUT2D eigenvalue weighted by Crippen LogP contribution is 2.27. The topological polar surface area (TPSA) is 44.8 Å². The molecule has 0 radical (unpaired) electrons. The highest BCUT2D eigenvalue weighted by molar-refractivity contribution is 5.87. The third-order valence-corrected chi connectivity index (χ3v) is 2.17. The number of rotatable bonds is 5. The molecule has 0 fully saturated rings. The zero-order valence-electron chi connectivity index (χ0n) is 11.1. The first-order chi connectivity index (χ1) is 8.56. The maximum atomic E-state index is 11.3. The Labute approximate surface area is 107 Å². The van der Waals surface area contributed by atoms with E-state index < -0.39 is 0 Å².